The molecule has 0 heterocycles. The van der Waals surface area contributed by atoms with Crippen LogP contribution in [0.25, 0.3) is 0 Å². The summed E-state index contributed by atoms with van der Waals surface area (Å²) in [6.07, 6.45) is 7.28. The molecule has 0 nitrogen and oxygen atoms in total. The minimum Gasteiger partial charge on any atom is -0.103 e. The van der Waals surface area contributed by atoms with Crippen molar-refractivity contribution >= 4 is 0 Å². The van der Waals surface area contributed by atoms with Crippen LogP contribution in [0.1, 0.15) is 67.2 Å². The van der Waals surface area contributed by atoms with E-state index in [1.807, 2.05) is 20.8 Å². The number of rotatable bonds is 4. The molecule has 0 amide bonds. The van der Waals surface area contributed by atoms with Gasteiger partial charge >= 0.3 is 0 Å². The monoisotopic (exact) mass is 186 g/mol. The molecule has 0 aliphatic rings. The molecule has 0 radical (unpaired) electrons. The highest BCUT2D eigenvalue weighted by molar-refractivity contribution is 4.51. The SMILES string of the molecule is C=CC.CC.CCCCC(C)CC. The zero-order valence-electron chi connectivity index (χ0n) is 10.7. The van der Waals surface area contributed by atoms with Crippen molar-refractivity contribution in [3.05, 3.63) is 12.7 Å². The maximum atomic E-state index is 3.36. The Morgan fingerprint density at radius 1 is 1.23 bits per heavy atom. The first-order valence-corrected chi connectivity index (χ1v) is 5.79. The van der Waals surface area contributed by atoms with Crippen LogP contribution in [0, 0.1) is 5.92 Å². The van der Waals surface area contributed by atoms with E-state index in [1.165, 1.54) is 25.7 Å². The second-order valence-electron chi connectivity index (χ2n) is 3.06. The van der Waals surface area contributed by atoms with E-state index < -0.39 is 0 Å². The molecule has 13 heavy (non-hydrogen) atoms. The zero-order chi connectivity index (χ0) is 11.1. The van der Waals surface area contributed by atoms with Crippen LogP contribution in [0.2, 0.25) is 0 Å². The molecule has 0 N–H and O–H groups in total. The molecule has 0 bridgehead atoms. The maximum Gasteiger partial charge on any atom is -0.0445 e. The van der Waals surface area contributed by atoms with Crippen LogP contribution in [0.5, 0.6) is 0 Å². The third-order valence-electron chi connectivity index (χ3n) is 1.75. The second kappa shape index (κ2) is 22.6. The lowest BCUT2D eigenvalue weighted by molar-refractivity contribution is 0.492. The molecular weight excluding hydrogens is 156 g/mol. The van der Waals surface area contributed by atoms with Crippen LogP contribution in [0.15, 0.2) is 12.7 Å². The fourth-order valence-corrected chi connectivity index (χ4v) is 0.757. The van der Waals surface area contributed by atoms with Gasteiger partial charge in [0.1, 0.15) is 0 Å². The first-order chi connectivity index (χ1) is 6.22. The van der Waals surface area contributed by atoms with Gasteiger partial charge in [0, 0.05) is 0 Å². The van der Waals surface area contributed by atoms with E-state index >= 15 is 0 Å². The smallest absolute Gasteiger partial charge is 0.0445 e. The van der Waals surface area contributed by atoms with Crippen molar-refractivity contribution < 1.29 is 0 Å². The Morgan fingerprint density at radius 3 is 1.85 bits per heavy atom. The largest absolute Gasteiger partial charge is 0.103 e. The minimum atomic E-state index is 0.954. The third kappa shape index (κ3) is 33.8. The minimum absolute atomic E-state index is 0.954. The van der Waals surface area contributed by atoms with E-state index in [4.69, 9.17) is 0 Å². The predicted molar refractivity (Wildman–Crippen MR) is 66.2 cm³/mol. The van der Waals surface area contributed by atoms with Crippen molar-refractivity contribution in [2.75, 3.05) is 0 Å². The van der Waals surface area contributed by atoms with Crippen LogP contribution in [0.4, 0.5) is 0 Å². The Bertz CT molecular complexity index is 64.4. The molecule has 0 heteroatoms. The van der Waals surface area contributed by atoms with E-state index in [9.17, 15) is 0 Å². The Labute approximate surface area is 86.4 Å². The number of allylic oxidation sites excluding steroid dienone is 1. The van der Waals surface area contributed by atoms with Crippen molar-refractivity contribution in [1.29, 1.82) is 0 Å². The Kier molecular flexibility index (Phi) is 32.2. The van der Waals surface area contributed by atoms with Gasteiger partial charge in [0.2, 0.25) is 0 Å². The van der Waals surface area contributed by atoms with Gasteiger partial charge in [-0.2, -0.15) is 0 Å². The van der Waals surface area contributed by atoms with E-state index in [0.717, 1.165) is 5.92 Å². The molecule has 0 aliphatic heterocycles. The van der Waals surface area contributed by atoms with Crippen molar-refractivity contribution in [2.24, 2.45) is 5.92 Å². The van der Waals surface area contributed by atoms with Gasteiger partial charge in [-0.1, -0.05) is 66.4 Å². The molecule has 0 aliphatic carbocycles. The summed E-state index contributed by atoms with van der Waals surface area (Å²) < 4.78 is 0. The van der Waals surface area contributed by atoms with Gasteiger partial charge in [-0.25, -0.2) is 0 Å². The molecule has 0 spiro atoms. The van der Waals surface area contributed by atoms with E-state index in [2.05, 4.69) is 27.4 Å². The summed E-state index contributed by atoms with van der Waals surface area (Å²) in [4.78, 5) is 0. The van der Waals surface area contributed by atoms with E-state index in [1.54, 1.807) is 6.08 Å². The lowest BCUT2D eigenvalue weighted by Gasteiger charge is -2.04. The Hall–Kier alpha value is -0.260. The molecule has 0 aromatic heterocycles. The summed E-state index contributed by atoms with van der Waals surface area (Å²) in [5.41, 5.74) is 0. The van der Waals surface area contributed by atoms with Crippen LogP contribution >= 0.6 is 0 Å². The number of unbranched alkanes of at least 4 members (excludes halogenated alkanes) is 1. The topological polar surface area (TPSA) is 0 Å². The Balaban J connectivity index is -0.000000169. The average molecular weight is 186 g/mol. The van der Waals surface area contributed by atoms with Gasteiger partial charge in [-0.3, -0.25) is 0 Å². The van der Waals surface area contributed by atoms with Gasteiger partial charge in [-0.05, 0) is 12.8 Å². The van der Waals surface area contributed by atoms with E-state index in [0.29, 0.717) is 0 Å². The van der Waals surface area contributed by atoms with Crippen LogP contribution < -0.4 is 0 Å². The van der Waals surface area contributed by atoms with E-state index in [-0.39, 0.29) is 0 Å². The quantitative estimate of drug-likeness (QED) is 0.513. The third-order valence-corrected chi connectivity index (χ3v) is 1.75. The summed E-state index contributed by atoms with van der Waals surface area (Å²) in [6.45, 7) is 16.1. The summed E-state index contributed by atoms with van der Waals surface area (Å²) >= 11 is 0. The lowest BCUT2D eigenvalue weighted by Crippen LogP contribution is -1.89. The molecule has 0 saturated carbocycles. The van der Waals surface area contributed by atoms with Crippen LogP contribution in [-0.2, 0) is 0 Å². The highest BCUT2D eigenvalue weighted by Gasteiger charge is 1.94. The normalized spacial score (nSPS) is 10.0. The van der Waals surface area contributed by atoms with Crippen molar-refractivity contribution in [2.45, 2.75) is 67.2 Å². The maximum absolute atomic E-state index is 3.36. The van der Waals surface area contributed by atoms with Gasteiger partial charge in [-0.15, -0.1) is 6.58 Å². The van der Waals surface area contributed by atoms with Gasteiger partial charge in [0.25, 0.3) is 0 Å². The summed E-state index contributed by atoms with van der Waals surface area (Å²) in [5.74, 6) is 0.954. The Morgan fingerprint density at radius 2 is 1.62 bits per heavy atom. The van der Waals surface area contributed by atoms with Crippen molar-refractivity contribution in [3.8, 4) is 0 Å². The second-order valence-corrected chi connectivity index (χ2v) is 3.06. The first kappa shape index (κ1) is 18.5. The highest BCUT2D eigenvalue weighted by Crippen LogP contribution is 2.09. The molecule has 0 rings (SSSR count). The standard InChI is InChI=1S/C8H18.C3H6.C2H6/c1-4-6-7-8(3)5-2;1-3-2;1-2/h8H,4-7H2,1-3H3;3H,1H2,2H3;1-2H3. The van der Waals surface area contributed by atoms with Crippen LogP contribution in [0.3, 0.4) is 0 Å². The van der Waals surface area contributed by atoms with Crippen LogP contribution in [-0.4, -0.2) is 0 Å². The highest BCUT2D eigenvalue weighted by atomic mass is 14.0. The lowest BCUT2D eigenvalue weighted by atomic mass is 10.0. The molecular formula is C13H30. The summed E-state index contributed by atoms with van der Waals surface area (Å²) in [6, 6.07) is 0. The first-order valence-electron chi connectivity index (χ1n) is 5.79. The molecule has 0 fully saturated rings. The van der Waals surface area contributed by atoms with Gasteiger partial charge < -0.3 is 0 Å². The fraction of sp³-hybridized carbons (Fsp3) is 0.846. The zero-order valence-corrected chi connectivity index (χ0v) is 10.7. The van der Waals surface area contributed by atoms with Gasteiger partial charge in [0.15, 0.2) is 0 Å². The molecule has 82 valence electrons. The number of hydrogen-bond donors (Lipinski definition) is 0. The summed E-state index contributed by atoms with van der Waals surface area (Å²) in [5, 5.41) is 0. The molecule has 1 unspecified atom stereocenters. The summed E-state index contributed by atoms with van der Waals surface area (Å²) in [7, 11) is 0. The average Bonchev–Trinajstić information content (AvgIpc) is 2.18. The molecule has 1 atom stereocenters. The molecule has 0 saturated heterocycles. The predicted octanol–water partition coefficient (Wildman–Crippen LogP) is 5.44. The molecule has 0 aromatic rings. The van der Waals surface area contributed by atoms with Crippen molar-refractivity contribution in [1.82, 2.24) is 0 Å². The molecule has 0 aromatic carbocycles. The van der Waals surface area contributed by atoms with Gasteiger partial charge in [0.05, 0.1) is 0 Å². The van der Waals surface area contributed by atoms with Crippen molar-refractivity contribution in [3.63, 3.8) is 0 Å². The fourth-order valence-electron chi connectivity index (χ4n) is 0.757. The number of hydrogen-bond acceptors (Lipinski definition) is 0.